The smallest absolute Gasteiger partial charge is 0.262 e. The molecule has 0 fully saturated rings. The number of hydrogen-bond acceptors (Lipinski definition) is 3. The molecule has 0 atom stereocenters. The van der Waals surface area contributed by atoms with E-state index in [2.05, 4.69) is 17.4 Å². The topological polar surface area (TPSA) is 38.3 Å². The Balaban J connectivity index is 1.38. The Hall–Kier alpha value is -2.43. The quantitative estimate of drug-likeness (QED) is 0.542. The van der Waals surface area contributed by atoms with Crippen molar-refractivity contribution in [3.8, 4) is 5.75 Å². The van der Waals surface area contributed by atoms with Crippen LogP contribution in [0.3, 0.4) is 0 Å². The lowest BCUT2D eigenvalue weighted by atomic mass is 10.1. The maximum atomic E-state index is 12.4. The van der Waals surface area contributed by atoms with Crippen LogP contribution < -0.4 is 10.1 Å². The first-order valence-electron chi connectivity index (χ1n) is 9.24. The molecule has 0 radical (unpaired) electrons. The van der Waals surface area contributed by atoms with Gasteiger partial charge < -0.3 is 10.1 Å². The van der Waals surface area contributed by atoms with Crippen LogP contribution in [0.25, 0.3) is 0 Å². The van der Waals surface area contributed by atoms with E-state index >= 15 is 0 Å². The summed E-state index contributed by atoms with van der Waals surface area (Å²) in [5.41, 5.74) is 3.50. The molecule has 142 valence electrons. The highest BCUT2D eigenvalue weighted by atomic mass is 35.5. The summed E-state index contributed by atoms with van der Waals surface area (Å²) >= 11 is 7.53. The molecule has 3 aromatic carbocycles. The molecule has 5 heteroatoms. The predicted molar refractivity (Wildman–Crippen MR) is 115 cm³/mol. The molecule has 1 amide bonds. The minimum absolute atomic E-state index is 0.0151. The minimum atomic E-state index is -0.176. The molecule has 0 unspecified atom stereocenters. The van der Waals surface area contributed by atoms with Gasteiger partial charge in [-0.1, -0.05) is 41.6 Å². The molecule has 4 rings (SSSR count). The van der Waals surface area contributed by atoms with Crippen molar-refractivity contribution in [1.82, 2.24) is 0 Å². The Labute approximate surface area is 174 Å². The highest BCUT2D eigenvalue weighted by molar-refractivity contribution is 7.99. The Morgan fingerprint density at radius 1 is 1.00 bits per heavy atom. The van der Waals surface area contributed by atoms with Crippen molar-refractivity contribution >= 4 is 35.0 Å². The zero-order chi connectivity index (χ0) is 19.3. The monoisotopic (exact) mass is 409 g/mol. The summed E-state index contributed by atoms with van der Waals surface area (Å²) < 4.78 is 5.70. The Kier molecular flexibility index (Phi) is 5.89. The minimum Gasteiger partial charge on any atom is -0.484 e. The molecular weight excluding hydrogens is 390 g/mol. The van der Waals surface area contributed by atoms with Crippen molar-refractivity contribution in [3.05, 3.63) is 82.9 Å². The molecule has 3 nitrogen and oxygen atoms in total. The largest absolute Gasteiger partial charge is 0.484 e. The lowest BCUT2D eigenvalue weighted by molar-refractivity contribution is -0.118. The van der Waals surface area contributed by atoms with Crippen LogP contribution in [-0.4, -0.2) is 12.5 Å². The molecule has 0 aliphatic heterocycles. The third-order valence-electron chi connectivity index (χ3n) is 4.64. The van der Waals surface area contributed by atoms with E-state index in [-0.39, 0.29) is 12.5 Å². The summed E-state index contributed by atoms with van der Waals surface area (Å²) in [4.78, 5) is 14.4. The third-order valence-corrected chi connectivity index (χ3v) is 5.98. The van der Waals surface area contributed by atoms with Gasteiger partial charge in [-0.05, 0) is 78.9 Å². The number of aryl methyl sites for hydroxylation is 2. The van der Waals surface area contributed by atoms with Gasteiger partial charge >= 0.3 is 0 Å². The van der Waals surface area contributed by atoms with E-state index in [0.717, 1.165) is 34.1 Å². The molecule has 0 heterocycles. The van der Waals surface area contributed by atoms with Crippen LogP contribution in [0, 0.1) is 0 Å². The van der Waals surface area contributed by atoms with Crippen LogP contribution in [-0.2, 0) is 17.6 Å². The maximum absolute atomic E-state index is 12.4. The number of halogens is 1. The molecule has 0 spiro atoms. The van der Waals surface area contributed by atoms with Gasteiger partial charge in [0.05, 0.1) is 5.69 Å². The molecule has 3 aromatic rings. The molecule has 0 bridgehead atoms. The van der Waals surface area contributed by atoms with Gasteiger partial charge in [0.15, 0.2) is 6.61 Å². The zero-order valence-corrected chi connectivity index (χ0v) is 16.9. The highest BCUT2D eigenvalue weighted by Gasteiger charge is 2.13. The average molecular weight is 410 g/mol. The molecule has 0 saturated carbocycles. The molecule has 1 aliphatic rings. The fourth-order valence-electron chi connectivity index (χ4n) is 3.26. The molecule has 0 aromatic heterocycles. The van der Waals surface area contributed by atoms with Gasteiger partial charge in [-0.2, -0.15) is 0 Å². The number of carbonyl (C=O) groups is 1. The molecule has 28 heavy (non-hydrogen) atoms. The van der Waals surface area contributed by atoms with Crippen molar-refractivity contribution < 1.29 is 9.53 Å². The van der Waals surface area contributed by atoms with Gasteiger partial charge in [-0.15, -0.1) is 0 Å². The second-order valence-electron chi connectivity index (χ2n) is 6.67. The van der Waals surface area contributed by atoms with E-state index in [1.54, 1.807) is 11.8 Å². The van der Waals surface area contributed by atoms with Crippen LogP contribution in [0.4, 0.5) is 5.69 Å². The van der Waals surface area contributed by atoms with E-state index in [4.69, 9.17) is 16.3 Å². The average Bonchev–Trinajstić information content (AvgIpc) is 3.17. The van der Waals surface area contributed by atoms with Crippen molar-refractivity contribution in [1.29, 1.82) is 0 Å². The van der Waals surface area contributed by atoms with Crippen LogP contribution in [0.5, 0.6) is 5.75 Å². The van der Waals surface area contributed by atoms with Crippen LogP contribution in [0.1, 0.15) is 17.5 Å². The van der Waals surface area contributed by atoms with Crippen molar-refractivity contribution in [3.63, 3.8) is 0 Å². The number of rotatable bonds is 6. The number of carbonyl (C=O) groups excluding carboxylic acids is 1. The van der Waals surface area contributed by atoms with Crippen molar-refractivity contribution in [2.24, 2.45) is 0 Å². The summed E-state index contributed by atoms with van der Waals surface area (Å²) in [6.45, 7) is -0.0151. The predicted octanol–water partition coefficient (Wildman–Crippen LogP) is 6.00. The second kappa shape index (κ2) is 8.72. The summed E-state index contributed by atoms with van der Waals surface area (Å²) in [6, 6.07) is 21.5. The molecular formula is C23H20ClNO2S. The number of hydrogen-bond donors (Lipinski definition) is 1. The maximum Gasteiger partial charge on any atom is 0.262 e. The Morgan fingerprint density at radius 2 is 1.79 bits per heavy atom. The van der Waals surface area contributed by atoms with Gasteiger partial charge in [0, 0.05) is 14.8 Å². The summed E-state index contributed by atoms with van der Waals surface area (Å²) in [5.74, 6) is 0.573. The number of amides is 1. The van der Waals surface area contributed by atoms with E-state index in [1.165, 1.54) is 17.5 Å². The number of anilines is 1. The van der Waals surface area contributed by atoms with Gasteiger partial charge in [0.25, 0.3) is 5.91 Å². The van der Waals surface area contributed by atoms with Crippen LogP contribution >= 0.6 is 23.4 Å². The number of nitrogens with one attached hydrogen (secondary N) is 1. The van der Waals surface area contributed by atoms with Crippen molar-refractivity contribution in [2.45, 2.75) is 29.1 Å². The summed E-state index contributed by atoms with van der Waals surface area (Å²) in [6.07, 6.45) is 3.42. The molecule has 1 N–H and O–H groups in total. The normalized spacial score (nSPS) is 12.5. The fraction of sp³-hybridized carbons (Fsp3) is 0.174. The van der Waals surface area contributed by atoms with E-state index in [1.807, 2.05) is 54.6 Å². The number of benzene rings is 3. The van der Waals surface area contributed by atoms with Crippen LogP contribution in [0.2, 0.25) is 5.02 Å². The van der Waals surface area contributed by atoms with Gasteiger partial charge in [0.1, 0.15) is 5.75 Å². The van der Waals surface area contributed by atoms with E-state index in [0.29, 0.717) is 5.02 Å². The molecule has 0 saturated heterocycles. The Bertz CT molecular complexity index is 988. The third kappa shape index (κ3) is 4.70. The van der Waals surface area contributed by atoms with E-state index < -0.39 is 0 Å². The lowest BCUT2D eigenvalue weighted by Gasteiger charge is -2.12. The summed E-state index contributed by atoms with van der Waals surface area (Å²) in [5, 5.41) is 3.66. The first kappa shape index (κ1) is 18.9. The zero-order valence-electron chi connectivity index (χ0n) is 15.3. The van der Waals surface area contributed by atoms with Gasteiger partial charge in [-0.25, -0.2) is 0 Å². The Morgan fingerprint density at radius 3 is 2.64 bits per heavy atom. The number of fused-ring (bicyclic) bond motifs is 1. The first-order chi connectivity index (χ1) is 13.7. The van der Waals surface area contributed by atoms with Gasteiger partial charge in [0.2, 0.25) is 0 Å². The SMILES string of the molecule is O=C(COc1ccc2c(c1)CCC2)Nc1ccccc1Sc1ccc(Cl)cc1. The standard InChI is InChI=1S/C23H20ClNO2S/c24-18-9-12-20(13-10-18)28-22-7-2-1-6-21(22)25-23(26)15-27-19-11-8-16-4-3-5-17(16)14-19/h1-2,6-14H,3-5,15H2,(H,25,26). The lowest BCUT2D eigenvalue weighted by Crippen LogP contribution is -2.20. The van der Waals surface area contributed by atoms with Gasteiger partial charge in [-0.3, -0.25) is 4.79 Å². The molecule has 1 aliphatic carbocycles. The van der Waals surface area contributed by atoms with Crippen LogP contribution in [0.15, 0.2) is 76.5 Å². The number of ether oxygens (including phenoxy) is 1. The van der Waals surface area contributed by atoms with Crippen molar-refractivity contribution in [2.75, 3.05) is 11.9 Å². The van der Waals surface area contributed by atoms with E-state index in [9.17, 15) is 4.79 Å². The second-order valence-corrected chi connectivity index (χ2v) is 8.22. The highest BCUT2D eigenvalue weighted by Crippen LogP contribution is 2.34. The first-order valence-corrected chi connectivity index (χ1v) is 10.4. The number of para-hydroxylation sites is 1. The summed E-state index contributed by atoms with van der Waals surface area (Å²) in [7, 11) is 0. The fourth-order valence-corrected chi connectivity index (χ4v) is 4.29.